The van der Waals surface area contributed by atoms with Gasteiger partial charge in [0.2, 0.25) is 0 Å². The topological polar surface area (TPSA) is 0 Å². The van der Waals surface area contributed by atoms with Gasteiger partial charge in [0.25, 0.3) is 0 Å². The van der Waals surface area contributed by atoms with Crippen molar-refractivity contribution in [2.75, 3.05) is 0 Å². The minimum atomic E-state index is -0.448. The second-order valence-corrected chi connectivity index (χ2v) is 14.0. The van der Waals surface area contributed by atoms with Gasteiger partial charge in [-0.25, -0.2) is 0 Å². The maximum absolute atomic E-state index is 3.73. The molecule has 0 spiro atoms. The summed E-state index contributed by atoms with van der Waals surface area (Å²) >= 11 is 3.28. The number of hydrogen-bond donors (Lipinski definition) is 0. The molecule has 0 aromatic carbocycles. The second kappa shape index (κ2) is 4.27. The third-order valence-corrected chi connectivity index (χ3v) is 14.8. The average molecular weight is 364 g/mol. The van der Waals surface area contributed by atoms with Crippen molar-refractivity contribution in [1.29, 1.82) is 0 Å². The molecule has 0 atom stereocenters. The van der Waals surface area contributed by atoms with Crippen LogP contribution < -0.4 is 0 Å². The molecular formula is C6H11BrHg. The fourth-order valence-electron chi connectivity index (χ4n) is 1.34. The van der Waals surface area contributed by atoms with Gasteiger partial charge >= 0.3 is 69.6 Å². The van der Waals surface area contributed by atoms with Crippen molar-refractivity contribution in [2.45, 2.75) is 35.5 Å². The zero-order chi connectivity index (χ0) is 5.82. The Labute approximate surface area is 69.1 Å². The molecule has 1 fully saturated rings. The van der Waals surface area contributed by atoms with Crippen molar-refractivity contribution >= 4 is 11.9 Å². The van der Waals surface area contributed by atoms with Crippen LogP contribution in [0.3, 0.4) is 0 Å². The van der Waals surface area contributed by atoms with Gasteiger partial charge in [-0.05, 0) is 0 Å². The first-order valence-electron chi connectivity index (χ1n) is 3.49. The van der Waals surface area contributed by atoms with Gasteiger partial charge in [-0.15, -0.1) is 0 Å². The van der Waals surface area contributed by atoms with Gasteiger partial charge in [0, 0.05) is 0 Å². The Morgan fingerprint density at radius 2 is 1.75 bits per heavy atom. The zero-order valence-electron chi connectivity index (χ0n) is 5.20. The van der Waals surface area contributed by atoms with Gasteiger partial charge in [-0.2, -0.15) is 0 Å². The molecule has 0 aliphatic heterocycles. The minimum absolute atomic E-state index is 0.448. The Hall–Kier alpha value is 1.42. The first-order chi connectivity index (χ1) is 3.93. The van der Waals surface area contributed by atoms with Gasteiger partial charge in [-0.3, -0.25) is 0 Å². The zero-order valence-corrected chi connectivity index (χ0v) is 12.3. The molecule has 2 heteroatoms. The first kappa shape index (κ1) is 7.52. The summed E-state index contributed by atoms with van der Waals surface area (Å²) in [6, 6.07) is 0. The van der Waals surface area contributed by atoms with E-state index in [1.807, 2.05) is 0 Å². The normalized spacial score (nSPS) is 22.6. The third-order valence-electron chi connectivity index (χ3n) is 1.94. The van der Waals surface area contributed by atoms with E-state index in [0.717, 1.165) is 0 Å². The molecule has 1 saturated carbocycles. The van der Waals surface area contributed by atoms with E-state index in [-0.39, 0.29) is 0 Å². The Morgan fingerprint density at radius 3 is 2.12 bits per heavy atom. The van der Waals surface area contributed by atoms with E-state index >= 15 is 0 Å². The average Bonchev–Trinajstić information content (AvgIpc) is 1.90. The Balaban J connectivity index is 2.13. The Bertz CT molecular complexity index is 59.5. The molecule has 0 heterocycles. The molecule has 0 radical (unpaired) electrons. The van der Waals surface area contributed by atoms with Crippen LogP contribution in [0.25, 0.3) is 0 Å². The molecule has 0 saturated heterocycles. The van der Waals surface area contributed by atoms with Gasteiger partial charge in [0.05, 0.1) is 0 Å². The van der Waals surface area contributed by atoms with Crippen molar-refractivity contribution in [1.82, 2.24) is 0 Å². The molecule has 44 valence electrons. The molecule has 0 amide bonds. The molecule has 0 aromatic heterocycles. The molecule has 0 N–H and O–H groups in total. The third kappa shape index (κ3) is 2.34. The Kier molecular flexibility index (Phi) is 4.01. The molecular weight excluding hydrogens is 353 g/mol. The van der Waals surface area contributed by atoms with Crippen LogP contribution in [0.4, 0.5) is 0 Å². The second-order valence-electron chi connectivity index (χ2n) is 2.66. The molecule has 0 bridgehead atoms. The van der Waals surface area contributed by atoms with Crippen LogP contribution in [0.1, 0.15) is 32.1 Å². The maximum atomic E-state index is 3.73. The SMILES string of the molecule is [Br][Hg][CH]1CCCCC1. The molecule has 8 heavy (non-hydrogen) atoms. The fraction of sp³-hybridized carbons (Fsp3) is 1.00. The monoisotopic (exact) mass is 364 g/mol. The van der Waals surface area contributed by atoms with Crippen LogP contribution in [-0.2, 0) is 22.1 Å². The van der Waals surface area contributed by atoms with Crippen molar-refractivity contribution in [3.05, 3.63) is 0 Å². The van der Waals surface area contributed by atoms with E-state index in [2.05, 4.69) is 11.9 Å². The molecule has 1 aliphatic rings. The molecule has 1 rings (SSSR count). The van der Waals surface area contributed by atoms with Crippen molar-refractivity contribution in [2.24, 2.45) is 0 Å². The molecule has 0 unspecified atom stereocenters. The van der Waals surface area contributed by atoms with Crippen molar-refractivity contribution in [3.63, 3.8) is 0 Å². The summed E-state index contributed by atoms with van der Waals surface area (Å²) in [5, 5.41) is 0. The molecule has 0 aromatic rings. The summed E-state index contributed by atoms with van der Waals surface area (Å²) in [6.07, 6.45) is 7.68. The summed E-state index contributed by atoms with van der Waals surface area (Å²) < 4.78 is 1.23. The van der Waals surface area contributed by atoms with Gasteiger partial charge in [-0.1, -0.05) is 0 Å². The van der Waals surface area contributed by atoms with E-state index in [0.29, 0.717) is 0 Å². The van der Waals surface area contributed by atoms with Crippen LogP contribution in [-0.4, -0.2) is 0 Å². The number of halogens is 1. The van der Waals surface area contributed by atoms with E-state index in [1.165, 1.54) is 22.7 Å². The summed E-state index contributed by atoms with van der Waals surface area (Å²) in [7, 11) is 0. The van der Waals surface area contributed by atoms with E-state index in [9.17, 15) is 0 Å². The van der Waals surface area contributed by atoms with Crippen molar-refractivity contribution in [3.8, 4) is 0 Å². The van der Waals surface area contributed by atoms with Crippen LogP contribution >= 0.6 is 11.9 Å². The standard InChI is InChI=1S/C6H11.BrH.Hg/c1-2-4-6-5-3-1;;/h1H,2-6H2;1H;/q;;+1/p-1. The summed E-state index contributed by atoms with van der Waals surface area (Å²) in [5.41, 5.74) is 0. The Morgan fingerprint density at radius 1 is 1.12 bits per heavy atom. The summed E-state index contributed by atoms with van der Waals surface area (Å²) in [6.45, 7) is 0. The van der Waals surface area contributed by atoms with Crippen LogP contribution in [0, 0.1) is 0 Å². The quantitative estimate of drug-likeness (QED) is 0.628. The van der Waals surface area contributed by atoms with Crippen LogP contribution in [0.15, 0.2) is 0 Å². The molecule has 0 nitrogen and oxygen atoms in total. The van der Waals surface area contributed by atoms with Crippen LogP contribution in [0.5, 0.6) is 0 Å². The fourth-order valence-corrected chi connectivity index (χ4v) is 10.5. The van der Waals surface area contributed by atoms with Gasteiger partial charge in [0.1, 0.15) is 0 Å². The van der Waals surface area contributed by atoms with E-state index in [1.54, 1.807) is 12.8 Å². The van der Waals surface area contributed by atoms with Gasteiger partial charge in [0.15, 0.2) is 0 Å². The van der Waals surface area contributed by atoms with E-state index < -0.39 is 22.1 Å². The first-order valence-corrected chi connectivity index (χ1v) is 18.6. The van der Waals surface area contributed by atoms with Gasteiger partial charge < -0.3 is 0 Å². The number of rotatable bonds is 1. The summed E-state index contributed by atoms with van der Waals surface area (Å²) in [4.78, 5) is 0. The van der Waals surface area contributed by atoms with Crippen molar-refractivity contribution < 1.29 is 22.1 Å². The predicted octanol–water partition coefficient (Wildman–Crippen LogP) is 3.13. The summed E-state index contributed by atoms with van der Waals surface area (Å²) in [5.74, 6) is 0. The number of hydrogen-bond acceptors (Lipinski definition) is 0. The molecule has 1 aliphatic carbocycles. The predicted molar refractivity (Wildman–Crippen MR) is 35.8 cm³/mol. The van der Waals surface area contributed by atoms with E-state index in [4.69, 9.17) is 0 Å². The van der Waals surface area contributed by atoms with Crippen LogP contribution in [0.2, 0.25) is 3.43 Å².